The van der Waals surface area contributed by atoms with Crippen LogP contribution >= 0.6 is 0 Å². The SMILES string of the molecule is Cc1ccc(-c2ccc(CC=O)c(N(C)C)c2)cc1. The Morgan fingerprint density at radius 1 is 1.00 bits per heavy atom. The molecule has 0 N–H and O–H groups in total. The number of rotatable bonds is 4. The molecule has 0 heterocycles. The predicted molar refractivity (Wildman–Crippen MR) is 80.7 cm³/mol. The smallest absolute Gasteiger partial charge is 0.124 e. The third kappa shape index (κ3) is 3.02. The van der Waals surface area contributed by atoms with E-state index < -0.39 is 0 Å². The van der Waals surface area contributed by atoms with Crippen LogP contribution in [0.4, 0.5) is 5.69 Å². The fourth-order valence-electron chi connectivity index (χ4n) is 2.17. The number of carbonyl (C=O) groups excluding carboxylic acids is 1. The van der Waals surface area contributed by atoms with Gasteiger partial charge >= 0.3 is 0 Å². The molecule has 2 aromatic carbocycles. The first-order chi connectivity index (χ1) is 9.11. The Labute approximate surface area is 114 Å². The summed E-state index contributed by atoms with van der Waals surface area (Å²) in [6.45, 7) is 2.09. The molecule has 19 heavy (non-hydrogen) atoms. The van der Waals surface area contributed by atoms with Gasteiger partial charge in [0.2, 0.25) is 0 Å². The summed E-state index contributed by atoms with van der Waals surface area (Å²) in [7, 11) is 4.01. The van der Waals surface area contributed by atoms with Crippen molar-refractivity contribution in [1.29, 1.82) is 0 Å². The number of anilines is 1. The Morgan fingerprint density at radius 3 is 2.21 bits per heavy atom. The molecular weight excluding hydrogens is 234 g/mol. The summed E-state index contributed by atoms with van der Waals surface area (Å²) in [5.41, 5.74) is 5.81. The van der Waals surface area contributed by atoms with E-state index in [2.05, 4.69) is 48.2 Å². The molecule has 0 bridgehead atoms. The van der Waals surface area contributed by atoms with Crippen LogP contribution < -0.4 is 4.90 Å². The second-order valence-electron chi connectivity index (χ2n) is 4.97. The lowest BCUT2D eigenvalue weighted by molar-refractivity contribution is -0.107. The maximum atomic E-state index is 10.7. The third-order valence-electron chi connectivity index (χ3n) is 3.26. The van der Waals surface area contributed by atoms with Crippen LogP contribution in [0.25, 0.3) is 11.1 Å². The van der Waals surface area contributed by atoms with Crippen molar-refractivity contribution in [2.75, 3.05) is 19.0 Å². The highest BCUT2D eigenvalue weighted by Gasteiger charge is 2.07. The summed E-state index contributed by atoms with van der Waals surface area (Å²) >= 11 is 0. The molecule has 0 amide bonds. The summed E-state index contributed by atoms with van der Waals surface area (Å²) in [6.07, 6.45) is 1.41. The van der Waals surface area contributed by atoms with Gasteiger partial charge in [-0.15, -0.1) is 0 Å². The standard InChI is InChI=1S/C17H19NO/c1-13-4-6-14(7-5-13)16-9-8-15(10-11-19)17(12-16)18(2)3/h4-9,11-12H,10H2,1-3H3. The zero-order valence-corrected chi connectivity index (χ0v) is 11.7. The Balaban J connectivity index is 2.45. The van der Waals surface area contributed by atoms with Crippen LogP contribution in [0.3, 0.4) is 0 Å². The van der Waals surface area contributed by atoms with Crippen LogP contribution in [0.5, 0.6) is 0 Å². The number of carbonyl (C=O) groups is 1. The molecule has 0 aromatic heterocycles. The maximum Gasteiger partial charge on any atom is 0.124 e. The van der Waals surface area contributed by atoms with Gasteiger partial charge in [-0.25, -0.2) is 0 Å². The van der Waals surface area contributed by atoms with E-state index in [-0.39, 0.29) is 0 Å². The molecule has 0 saturated carbocycles. The van der Waals surface area contributed by atoms with Crippen LogP contribution in [-0.2, 0) is 11.2 Å². The lowest BCUT2D eigenvalue weighted by Crippen LogP contribution is -2.11. The molecule has 98 valence electrons. The Hall–Kier alpha value is -2.09. The monoisotopic (exact) mass is 253 g/mol. The first kappa shape index (κ1) is 13.3. The third-order valence-corrected chi connectivity index (χ3v) is 3.26. The minimum absolute atomic E-state index is 0.460. The molecule has 2 rings (SSSR count). The molecule has 0 aliphatic carbocycles. The Morgan fingerprint density at radius 2 is 1.63 bits per heavy atom. The molecular formula is C17H19NO. The molecule has 0 unspecified atom stereocenters. The van der Waals surface area contributed by atoms with Crippen LogP contribution in [-0.4, -0.2) is 20.4 Å². The van der Waals surface area contributed by atoms with Gasteiger partial charge < -0.3 is 9.69 Å². The fourth-order valence-corrected chi connectivity index (χ4v) is 2.17. The molecule has 2 aromatic rings. The summed E-state index contributed by atoms with van der Waals surface area (Å²) in [5.74, 6) is 0. The highest BCUT2D eigenvalue weighted by atomic mass is 16.1. The zero-order chi connectivity index (χ0) is 13.8. The molecule has 0 aliphatic rings. The van der Waals surface area contributed by atoms with Crippen molar-refractivity contribution in [3.8, 4) is 11.1 Å². The van der Waals surface area contributed by atoms with E-state index >= 15 is 0 Å². The van der Waals surface area contributed by atoms with Crippen molar-refractivity contribution in [3.63, 3.8) is 0 Å². The second-order valence-corrected chi connectivity index (χ2v) is 4.97. The Kier molecular flexibility index (Phi) is 4.00. The van der Waals surface area contributed by atoms with E-state index in [0.717, 1.165) is 17.5 Å². The summed E-state index contributed by atoms with van der Waals surface area (Å²) in [6, 6.07) is 14.7. The molecule has 0 saturated heterocycles. The largest absolute Gasteiger partial charge is 0.377 e. The van der Waals surface area contributed by atoms with Gasteiger partial charge in [0.15, 0.2) is 0 Å². The lowest BCUT2D eigenvalue weighted by Gasteiger charge is -2.18. The first-order valence-corrected chi connectivity index (χ1v) is 6.42. The van der Waals surface area contributed by atoms with Crippen molar-refractivity contribution < 1.29 is 4.79 Å². The molecule has 2 heteroatoms. The van der Waals surface area contributed by atoms with E-state index in [1.54, 1.807) is 0 Å². The summed E-state index contributed by atoms with van der Waals surface area (Å²) in [4.78, 5) is 12.8. The van der Waals surface area contributed by atoms with Gasteiger partial charge in [-0.3, -0.25) is 0 Å². The predicted octanol–water partition coefficient (Wildman–Crippen LogP) is 3.47. The van der Waals surface area contributed by atoms with Crippen molar-refractivity contribution in [3.05, 3.63) is 53.6 Å². The Bertz CT molecular complexity index is 570. The maximum absolute atomic E-state index is 10.7. The zero-order valence-electron chi connectivity index (χ0n) is 11.7. The van der Waals surface area contributed by atoms with E-state index in [9.17, 15) is 4.79 Å². The van der Waals surface area contributed by atoms with Gasteiger partial charge in [0, 0.05) is 26.2 Å². The fraction of sp³-hybridized carbons (Fsp3) is 0.235. The van der Waals surface area contributed by atoms with Crippen LogP contribution in [0, 0.1) is 6.92 Å². The molecule has 2 nitrogen and oxygen atoms in total. The lowest BCUT2D eigenvalue weighted by atomic mass is 10.00. The summed E-state index contributed by atoms with van der Waals surface area (Å²) < 4.78 is 0. The van der Waals surface area contributed by atoms with Crippen LogP contribution in [0.15, 0.2) is 42.5 Å². The van der Waals surface area contributed by atoms with E-state index in [0.29, 0.717) is 6.42 Å². The van der Waals surface area contributed by atoms with Crippen molar-refractivity contribution in [2.45, 2.75) is 13.3 Å². The van der Waals surface area contributed by atoms with Gasteiger partial charge in [0.25, 0.3) is 0 Å². The topological polar surface area (TPSA) is 20.3 Å². The van der Waals surface area contributed by atoms with Gasteiger partial charge in [-0.1, -0.05) is 42.0 Å². The highest BCUT2D eigenvalue weighted by Crippen LogP contribution is 2.27. The molecule has 0 fully saturated rings. The summed E-state index contributed by atoms with van der Waals surface area (Å²) in [5, 5.41) is 0. The van der Waals surface area contributed by atoms with E-state index in [1.165, 1.54) is 16.7 Å². The highest BCUT2D eigenvalue weighted by molar-refractivity contribution is 5.73. The van der Waals surface area contributed by atoms with Crippen molar-refractivity contribution in [2.24, 2.45) is 0 Å². The van der Waals surface area contributed by atoms with Gasteiger partial charge in [-0.05, 0) is 29.7 Å². The normalized spacial score (nSPS) is 10.3. The number of hydrogen-bond acceptors (Lipinski definition) is 2. The molecule has 0 radical (unpaired) electrons. The van der Waals surface area contributed by atoms with Gasteiger partial charge in [0.1, 0.15) is 6.29 Å². The molecule has 0 atom stereocenters. The number of aryl methyl sites for hydroxylation is 1. The van der Waals surface area contributed by atoms with Crippen LogP contribution in [0.2, 0.25) is 0 Å². The average molecular weight is 253 g/mol. The number of aldehydes is 1. The second kappa shape index (κ2) is 5.70. The number of benzene rings is 2. The minimum Gasteiger partial charge on any atom is -0.377 e. The van der Waals surface area contributed by atoms with Crippen molar-refractivity contribution >= 4 is 12.0 Å². The van der Waals surface area contributed by atoms with Crippen LogP contribution in [0.1, 0.15) is 11.1 Å². The first-order valence-electron chi connectivity index (χ1n) is 6.42. The molecule has 0 spiro atoms. The van der Waals surface area contributed by atoms with Crippen molar-refractivity contribution in [1.82, 2.24) is 0 Å². The minimum atomic E-state index is 0.460. The average Bonchev–Trinajstić information content (AvgIpc) is 2.40. The number of hydrogen-bond donors (Lipinski definition) is 0. The quantitative estimate of drug-likeness (QED) is 0.778. The van der Waals surface area contributed by atoms with E-state index in [1.807, 2.05) is 20.2 Å². The molecule has 0 aliphatic heterocycles. The van der Waals surface area contributed by atoms with Gasteiger partial charge in [0.05, 0.1) is 0 Å². The van der Waals surface area contributed by atoms with E-state index in [4.69, 9.17) is 0 Å². The van der Waals surface area contributed by atoms with Gasteiger partial charge in [-0.2, -0.15) is 0 Å². The number of nitrogens with zero attached hydrogens (tertiary/aromatic N) is 1.